The van der Waals surface area contributed by atoms with Crippen molar-refractivity contribution in [3.63, 3.8) is 0 Å². The summed E-state index contributed by atoms with van der Waals surface area (Å²) in [7, 11) is 0. The van der Waals surface area contributed by atoms with Crippen LogP contribution in [-0.2, 0) is 0 Å². The van der Waals surface area contributed by atoms with Crippen LogP contribution in [-0.4, -0.2) is 23.1 Å². The van der Waals surface area contributed by atoms with Crippen molar-refractivity contribution in [2.75, 3.05) is 13.2 Å². The summed E-state index contributed by atoms with van der Waals surface area (Å²) < 4.78 is 5.52. The molecule has 2 heterocycles. The quantitative estimate of drug-likeness (QED) is 0.877. The molecule has 0 spiro atoms. The first-order valence-corrected chi connectivity index (χ1v) is 6.98. The van der Waals surface area contributed by atoms with Crippen LogP contribution in [0.1, 0.15) is 36.7 Å². The highest BCUT2D eigenvalue weighted by atomic mass is 16.5. The van der Waals surface area contributed by atoms with E-state index in [9.17, 15) is 0 Å². The first kappa shape index (κ1) is 14.5. The Balaban J connectivity index is 2.35. The van der Waals surface area contributed by atoms with Crippen LogP contribution >= 0.6 is 0 Å². The largest absolute Gasteiger partial charge is 0.492 e. The van der Waals surface area contributed by atoms with E-state index in [2.05, 4.69) is 35.2 Å². The minimum atomic E-state index is 0.0350. The molecule has 2 aromatic rings. The summed E-state index contributed by atoms with van der Waals surface area (Å²) in [6.45, 7) is 7.63. The van der Waals surface area contributed by atoms with Gasteiger partial charge < -0.3 is 10.1 Å². The highest BCUT2D eigenvalue weighted by molar-refractivity contribution is 5.32. The molecule has 0 aromatic carbocycles. The van der Waals surface area contributed by atoms with Gasteiger partial charge in [0.25, 0.3) is 0 Å². The van der Waals surface area contributed by atoms with Gasteiger partial charge in [0.2, 0.25) is 0 Å². The summed E-state index contributed by atoms with van der Waals surface area (Å²) >= 11 is 0. The highest BCUT2D eigenvalue weighted by Crippen LogP contribution is 2.23. The molecular formula is C16H21N3O. The number of nitrogens with one attached hydrogen (secondary N) is 1. The lowest BCUT2D eigenvalue weighted by atomic mass is 10.0. The van der Waals surface area contributed by atoms with Gasteiger partial charge in [-0.2, -0.15) is 0 Å². The first-order valence-electron chi connectivity index (χ1n) is 6.98. The van der Waals surface area contributed by atoms with Crippen LogP contribution in [0.4, 0.5) is 0 Å². The Morgan fingerprint density at radius 3 is 2.80 bits per heavy atom. The molecule has 1 N–H and O–H groups in total. The molecular weight excluding hydrogens is 250 g/mol. The van der Waals surface area contributed by atoms with Crippen molar-refractivity contribution >= 4 is 0 Å². The fourth-order valence-corrected chi connectivity index (χ4v) is 2.15. The molecule has 4 heteroatoms. The number of rotatable bonds is 6. The normalized spacial score (nSPS) is 12.2. The van der Waals surface area contributed by atoms with Gasteiger partial charge in [-0.1, -0.05) is 6.92 Å². The molecule has 0 aliphatic rings. The molecule has 2 rings (SSSR count). The van der Waals surface area contributed by atoms with Gasteiger partial charge in [-0.25, -0.2) is 0 Å². The Labute approximate surface area is 120 Å². The Kier molecular flexibility index (Phi) is 5.07. The Hall–Kier alpha value is -1.94. The molecule has 0 saturated heterocycles. The molecule has 4 nitrogen and oxygen atoms in total. The predicted molar refractivity (Wildman–Crippen MR) is 79.9 cm³/mol. The molecule has 0 saturated carbocycles. The molecule has 2 aromatic heterocycles. The van der Waals surface area contributed by atoms with Crippen LogP contribution in [0.5, 0.6) is 5.75 Å². The zero-order valence-electron chi connectivity index (χ0n) is 12.3. The molecule has 106 valence electrons. The SMILES string of the molecule is CCNC(c1cncc(OCC)c1)c1cc(C)ccn1. The number of hydrogen-bond donors (Lipinski definition) is 1. The lowest BCUT2D eigenvalue weighted by molar-refractivity contribution is 0.338. The van der Waals surface area contributed by atoms with Crippen molar-refractivity contribution in [3.8, 4) is 5.75 Å². The van der Waals surface area contributed by atoms with Crippen LogP contribution in [0, 0.1) is 6.92 Å². The van der Waals surface area contributed by atoms with E-state index in [0.29, 0.717) is 6.61 Å². The second-order valence-corrected chi connectivity index (χ2v) is 4.64. The average molecular weight is 271 g/mol. The van der Waals surface area contributed by atoms with E-state index in [1.54, 1.807) is 6.20 Å². The van der Waals surface area contributed by atoms with Crippen molar-refractivity contribution in [1.29, 1.82) is 0 Å². The average Bonchev–Trinajstić information content (AvgIpc) is 2.45. The summed E-state index contributed by atoms with van der Waals surface area (Å²) in [6, 6.07) is 6.16. The number of aryl methyl sites for hydroxylation is 1. The van der Waals surface area contributed by atoms with Crippen molar-refractivity contribution in [2.24, 2.45) is 0 Å². The van der Waals surface area contributed by atoms with E-state index in [0.717, 1.165) is 23.6 Å². The maximum Gasteiger partial charge on any atom is 0.137 e. The van der Waals surface area contributed by atoms with Gasteiger partial charge >= 0.3 is 0 Å². The third kappa shape index (κ3) is 3.54. The number of aromatic nitrogens is 2. The second kappa shape index (κ2) is 7.01. The van der Waals surface area contributed by atoms with Gasteiger partial charge in [-0.15, -0.1) is 0 Å². The zero-order chi connectivity index (χ0) is 14.4. The standard InChI is InChI=1S/C16H21N3O/c1-4-18-16(15-8-12(3)6-7-19-15)13-9-14(20-5-2)11-17-10-13/h6-11,16,18H,4-5H2,1-3H3. The molecule has 0 bridgehead atoms. The van der Waals surface area contributed by atoms with Crippen molar-refractivity contribution in [2.45, 2.75) is 26.8 Å². The van der Waals surface area contributed by atoms with E-state index < -0.39 is 0 Å². The fraction of sp³-hybridized carbons (Fsp3) is 0.375. The van der Waals surface area contributed by atoms with E-state index in [-0.39, 0.29) is 6.04 Å². The molecule has 0 amide bonds. The van der Waals surface area contributed by atoms with Gasteiger partial charge in [-0.05, 0) is 49.7 Å². The Bertz CT molecular complexity index is 557. The minimum absolute atomic E-state index is 0.0350. The smallest absolute Gasteiger partial charge is 0.137 e. The first-order chi connectivity index (χ1) is 9.74. The topological polar surface area (TPSA) is 47.0 Å². The molecule has 1 atom stereocenters. The summed E-state index contributed by atoms with van der Waals surface area (Å²) in [6.07, 6.45) is 5.44. The van der Waals surface area contributed by atoms with Crippen molar-refractivity contribution < 1.29 is 4.74 Å². The monoisotopic (exact) mass is 271 g/mol. The van der Waals surface area contributed by atoms with Crippen molar-refractivity contribution in [3.05, 3.63) is 53.6 Å². The molecule has 0 fully saturated rings. The van der Waals surface area contributed by atoms with E-state index in [1.165, 1.54) is 5.56 Å². The molecule has 0 aliphatic heterocycles. The van der Waals surface area contributed by atoms with E-state index >= 15 is 0 Å². The number of ether oxygens (including phenoxy) is 1. The molecule has 0 aliphatic carbocycles. The van der Waals surface area contributed by atoms with Crippen LogP contribution in [0.15, 0.2) is 36.8 Å². The predicted octanol–water partition coefficient (Wildman–Crippen LogP) is 2.88. The molecule has 0 radical (unpaired) electrons. The summed E-state index contributed by atoms with van der Waals surface area (Å²) in [5, 5.41) is 3.45. The van der Waals surface area contributed by atoms with E-state index in [1.807, 2.05) is 31.5 Å². The lowest BCUT2D eigenvalue weighted by Crippen LogP contribution is -2.23. The number of hydrogen-bond acceptors (Lipinski definition) is 4. The molecule has 1 unspecified atom stereocenters. The van der Waals surface area contributed by atoms with Crippen LogP contribution < -0.4 is 10.1 Å². The third-order valence-corrected chi connectivity index (χ3v) is 3.02. The Morgan fingerprint density at radius 1 is 1.25 bits per heavy atom. The minimum Gasteiger partial charge on any atom is -0.492 e. The maximum atomic E-state index is 5.52. The maximum absolute atomic E-state index is 5.52. The lowest BCUT2D eigenvalue weighted by Gasteiger charge is -2.18. The van der Waals surface area contributed by atoms with Gasteiger partial charge in [0.15, 0.2) is 0 Å². The number of nitrogens with zero attached hydrogens (tertiary/aromatic N) is 2. The van der Waals surface area contributed by atoms with Crippen LogP contribution in [0.2, 0.25) is 0 Å². The number of pyridine rings is 2. The van der Waals surface area contributed by atoms with Crippen LogP contribution in [0.3, 0.4) is 0 Å². The summed E-state index contributed by atoms with van der Waals surface area (Å²) in [5.74, 6) is 0.792. The van der Waals surface area contributed by atoms with Gasteiger partial charge in [-0.3, -0.25) is 9.97 Å². The zero-order valence-corrected chi connectivity index (χ0v) is 12.3. The molecule has 20 heavy (non-hydrogen) atoms. The van der Waals surface area contributed by atoms with E-state index in [4.69, 9.17) is 4.74 Å². The second-order valence-electron chi connectivity index (χ2n) is 4.64. The Morgan fingerprint density at radius 2 is 2.10 bits per heavy atom. The van der Waals surface area contributed by atoms with Gasteiger partial charge in [0.1, 0.15) is 5.75 Å². The summed E-state index contributed by atoms with van der Waals surface area (Å²) in [5.41, 5.74) is 3.27. The van der Waals surface area contributed by atoms with Gasteiger partial charge in [0, 0.05) is 12.4 Å². The summed E-state index contributed by atoms with van der Waals surface area (Å²) in [4.78, 5) is 8.74. The van der Waals surface area contributed by atoms with Crippen LogP contribution in [0.25, 0.3) is 0 Å². The fourth-order valence-electron chi connectivity index (χ4n) is 2.15. The van der Waals surface area contributed by atoms with Gasteiger partial charge in [0.05, 0.1) is 24.5 Å². The van der Waals surface area contributed by atoms with Crippen molar-refractivity contribution in [1.82, 2.24) is 15.3 Å². The highest BCUT2D eigenvalue weighted by Gasteiger charge is 2.15. The third-order valence-electron chi connectivity index (χ3n) is 3.02.